The van der Waals surface area contributed by atoms with Crippen molar-refractivity contribution in [1.29, 1.82) is 0 Å². The van der Waals surface area contributed by atoms with Gasteiger partial charge in [0.2, 0.25) is 11.8 Å². The molecule has 0 spiro atoms. The number of carbonyl (C=O) groups excluding carboxylic acids is 1. The normalized spacial score (nSPS) is 22.6. The van der Waals surface area contributed by atoms with Crippen LogP contribution in [0.3, 0.4) is 0 Å². The fraction of sp³-hybridized carbons (Fsp3) is 0.727. The Balaban J connectivity index is 1.98. The molecule has 1 amide bonds. The maximum atomic E-state index is 11.6. The van der Waals surface area contributed by atoms with Crippen LogP contribution in [0.2, 0.25) is 0 Å². The molecule has 2 rings (SSSR count). The van der Waals surface area contributed by atoms with E-state index in [1.807, 2.05) is 6.92 Å². The molecule has 0 aromatic carbocycles. The van der Waals surface area contributed by atoms with Crippen molar-refractivity contribution in [3.05, 3.63) is 5.89 Å². The highest BCUT2D eigenvalue weighted by Crippen LogP contribution is 2.30. The minimum Gasteiger partial charge on any atom is -0.416 e. The quantitative estimate of drug-likeness (QED) is 0.792. The summed E-state index contributed by atoms with van der Waals surface area (Å²) in [6.07, 6.45) is 0.514. The number of nitrogens with zero attached hydrogens (tertiary/aromatic N) is 2. The van der Waals surface area contributed by atoms with Gasteiger partial charge in [-0.1, -0.05) is 11.8 Å². The summed E-state index contributed by atoms with van der Waals surface area (Å²) < 4.78 is 28.3. The lowest BCUT2D eigenvalue weighted by Gasteiger charge is -2.07. The molecule has 0 aliphatic carbocycles. The number of hydrogen-bond acceptors (Lipinski definition) is 7. The van der Waals surface area contributed by atoms with Crippen molar-refractivity contribution in [3.63, 3.8) is 0 Å². The molecule has 0 bridgehead atoms. The van der Waals surface area contributed by atoms with Crippen molar-refractivity contribution in [3.8, 4) is 0 Å². The Bertz CT molecular complexity index is 584. The van der Waals surface area contributed by atoms with Gasteiger partial charge >= 0.3 is 0 Å². The molecule has 7 nitrogen and oxygen atoms in total. The lowest BCUT2D eigenvalue weighted by Crippen LogP contribution is -2.30. The van der Waals surface area contributed by atoms with Gasteiger partial charge in [-0.25, -0.2) is 8.42 Å². The molecule has 0 unspecified atom stereocenters. The van der Waals surface area contributed by atoms with Crippen molar-refractivity contribution < 1.29 is 17.6 Å². The van der Waals surface area contributed by atoms with Crippen molar-refractivity contribution in [2.24, 2.45) is 0 Å². The summed E-state index contributed by atoms with van der Waals surface area (Å²) in [6.45, 7) is 4.17. The van der Waals surface area contributed by atoms with Gasteiger partial charge in [-0.3, -0.25) is 4.79 Å². The van der Waals surface area contributed by atoms with Crippen LogP contribution in [0.5, 0.6) is 0 Å². The number of rotatable bonds is 5. The lowest BCUT2D eigenvalue weighted by molar-refractivity contribution is -0.120. The van der Waals surface area contributed by atoms with E-state index in [4.69, 9.17) is 4.42 Å². The van der Waals surface area contributed by atoms with Crippen LogP contribution >= 0.6 is 11.8 Å². The number of thioether (sulfide) groups is 1. The SMILES string of the molecule is CCNC(=O)[C@@H](C)Sc1nnc([C@@H]2CCS(=O)(=O)C2)o1. The highest BCUT2D eigenvalue weighted by molar-refractivity contribution is 8.00. The first kappa shape index (κ1) is 15.3. The minimum atomic E-state index is -2.98. The van der Waals surface area contributed by atoms with Crippen LogP contribution in [0.25, 0.3) is 0 Å². The summed E-state index contributed by atoms with van der Waals surface area (Å²) in [7, 11) is -2.98. The zero-order valence-electron chi connectivity index (χ0n) is 11.3. The summed E-state index contributed by atoms with van der Waals surface area (Å²) in [5.41, 5.74) is 0. The Kier molecular flexibility index (Phi) is 4.69. The molecule has 112 valence electrons. The zero-order chi connectivity index (χ0) is 14.8. The Morgan fingerprint density at radius 1 is 1.55 bits per heavy atom. The molecule has 1 saturated heterocycles. The molecular formula is C11H17N3O4S2. The first-order valence-corrected chi connectivity index (χ1v) is 9.09. The van der Waals surface area contributed by atoms with E-state index in [1.165, 1.54) is 11.8 Å². The maximum absolute atomic E-state index is 11.6. The molecule has 0 saturated carbocycles. The van der Waals surface area contributed by atoms with E-state index < -0.39 is 9.84 Å². The number of amides is 1. The number of sulfone groups is 1. The smallest absolute Gasteiger partial charge is 0.277 e. The first-order valence-electron chi connectivity index (χ1n) is 6.39. The van der Waals surface area contributed by atoms with Crippen molar-refractivity contribution in [2.45, 2.75) is 36.7 Å². The Hall–Kier alpha value is -1.09. The predicted octanol–water partition coefficient (Wildman–Crippen LogP) is 0.588. The van der Waals surface area contributed by atoms with Gasteiger partial charge in [-0.15, -0.1) is 10.2 Å². The summed E-state index contributed by atoms with van der Waals surface area (Å²) in [4.78, 5) is 11.6. The second kappa shape index (κ2) is 6.13. The van der Waals surface area contributed by atoms with Gasteiger partial charge in [0.1, 0.15) is 0 Å². The third-order valence-corrected chi connectivity index (χ3v) is 5.70. The molecule has 20 heavy (non-hydrogen) atoms. The summed E-state index contributed by atoms with van der Waals surface area (Å²) in [5, 5.41) is 10.4. The maximum Gasteiger partial charge on any atom is 0.277 e. The van der Waals surface area contributed by atoms with Gasteiger partial charge in [0.05, 0.1) is 22.7 Å². The largest absolute Gasteiger partial charge is 0.416 e. The van der Waals surface area contributed by atoms with Gasteiger partial charge in [0.25, 0.3) is 5.22 Å². The van der Waals surface area contributed by atoms with Crippen LogP contribution in [0.15, 0.2) is 9.64 Å². The zero-order valence-corrected chi connectivity index (χ0v) is 13.0. The molecule has 0 radical (unpaired) electrons. The Morgan fingerprint density at radius 2 is 2.30 bits per heavy atom. The molecule has 9 heteroatoms. The van der Waals surface area contributed by atoms with Crippen molar-refractivity contribution in [2.75, 3.05) is 18.1 Å². The second-order valence-corrected chi connectivity index (χ2v) is 8.18. The third-order valence-electron chi connectivity index (χ3n) is 3.00. The molecule has 1 aromatic rings. The summed E-state index contributed by atoms with van der Waals surface area (Å²) in [6, 6.07) is 0. The van der Waals surface area contributed by atoms with Crippen LogP contribution in [0, 0.1) is 0 Å². The van der Waals surface area contributed by atoms with E-state index in [0.717, 1.165) is 0 Å². The van der Waals surface area contributed by atoms with Crippen LogP contribution in [0.4, 0.5) is 0 Å². The van der Waals surface area contributed by atoms with Crippen molar-refractivity contribution in [1.82, 2.24) is 15.5 Å². The molecule has 1 fully saturated rings. The van der Waals surface area contributed by atoms with E-state index in [2.05, 4.69) is 15.5 Å². The van der Waals surface area contributed by atoms with E-state index >= 15 is 0 Å². The molecule has 1 aromatic heterocycles. The van der Waals surface area contributed by atoms with Gasteiger partial charge in [0, 0.05) is 6.54 Å². The Labute approximate surface area is 121 Å². The molecule has 2 atom stereocenters. The van der Waals surface area contributed by atoms with Gasteiger partial charge < -0.3 is 9.73 Å². The number of nitrogens with one attached hydrogen (secondary N) is 1. The van der Waals surface area contributed by atoms with Gasteiger partial charge in [0.15, 0.2) is 9.84 Å². The minimum absolute atomic E-state index is 0.0607. The van der Waals surface area contributed by atoms with Gasteiger partial charge in [-0.2, -0.15) is 0 Å². The van der Waals surface area contributed by atoms with E-state index in [1.54, 1.807) is 6.92 Å². The number of aromatic nitrogens is 2. The van der Waals surface area contributed by atoms with E-state index in [-0.39, 0.29) is 28.6 Å². The topological polar surface area (TPSA) is 102 Å². The van der Waals surface area contributed by atoms with Crippen LogP contribution in [0.1, 0.15) is 32.1 Å². The average molecular weight is 319 g/mol. The monoisotopic (exact) mass is 319 g/mol. The number of carbonyl (C=O) groups is 1. The summed E-state index contributed by atoms with van der Waals surface area (Å²) in [5.74, 6) is 0.252. The second-order valence-electron chi connectivity index (χ2n) is 4.66. The van der Waals surface area contributed by atoms with Crippen LogP contribution in [-0.2, 0) is 14.6 Å². The first-order chi connectivity index (χ1) is 9.41. The molecular weight excluding hydrogens is 302 g/mol. The summed E-state index contributed by atoms with van der Waals surface area (Å²) >= 11 is 1.17. The predicted molar refractivity (Wildman–Crippen MR) is 74.3 cm³/mol. The molecule has 2 heterocycles. The van der Waals surface area contributed by atoms with Crippen molar-refractivity contribution >= 4 is 27.5 Å². The Morgan fingerprint density at radius 3 is 2.90 bits per heavy atom. The molecule has 1 aliphatic heterocycles. The fourth-order valence-corrected chi connectivity index (χ4v) is 4.39. The molecule has 1 N–H and O–H groups in total. The van der Waals surface area contributed by atoms with Crippen LogP contribution in [-0.4, -0.2) is 47.8 Å². The number of hydrogen-bond donors (Lipinski definition) is 1. The standard InChI is InChI=1S/C11H17N3O4S2/c1-3-12-9(15)7(2)19-11-14-13-10(18-11)8-4-5-20(16,17)6-8/h7-8H,3-6H2,1-2H3,(H,12,15)/t7-,8-/m1/s1. The van der Waals surface area contributed by atoms with E-state index in [9.17, 15) is 13.2 Å². The molecule has 1 aliphatic rings. The average Bonchev–Trinajstić information content (AvgIpc) is 2.96. The highest BCUT2D eigenvalue weighted by atomic mass is 32.2. The highest BCUT2D eigenvalue weighted by Gasteiger charge is 2.33. The van der Waals surface area contributed by atoms with E-state index in [0.29, 0.717) is 24.1 Å². The van der Waals surface area contributed by atoms with Crippen LogP contribution < -0.4 is 5.32 Å². The lowest BCUT2D eigenvalue weighted by atomic mass is 10.1. The fourth-order valence-electron chi connectivity index (χ4n) is 1.95. The van der Waals surface area contributed by atoms with Gasteiger partial charge in [-0.05, 0) is 20.3 Å². The third kappa shape index (κ3) is 3.72.